The molecule has 3 N–H and O–H groups in total. The molecule has 0 aliphatic rings. The number of methoxy groups -OCH3 is 2. The van der Waals surface area contributed by atoms with Crippen LogP contribution in [0, 0.1) is 13.8 Å². The molecular formula is C19H29IN4O3S. The number of aliphatic hydroxyl groups is 1. The molecule has 7 nitrogen and oxygen atoms in total. The highest BCUT2D eigenvalue weighted by molar-refractivity contribution is 14.0. The molecule has 0 bridgehead atoms. The number of ether oxygens (including phenoxy) is 2. The highest BCUT2D eigenvalue weighted by atomic mass is 127. The van der Waals surface area contributed by atoms with E-state index in [0.29, 0.717) is 36.1 Å². The Kier molecular flexibility index (Phi) is 10.5. The van der Waals surface area contributed by atoms with Crippen LogP contribution in [0.15, 0.2) is 23.2 Å². The lowest BCUT2D eigenvalue weighted by Gasteiger charge is -2.17. The summed E-state index contributed by atoms with van der Waals surface area (Å²) >= 11 is 1.65. The Labute approximate surface area is 187 Å². The molecule has 28 heavy (non-hydrogen) atoms. The number of thiazole rings is 1. The zero-order valence-corrected chi connectivity index (χ0v) is 20.1. The van der Waals surface area contributed by atoms with Crippen LogP contribution in [0.2, 0.25) is 0 Å². The first-order valence-electron chi connectivity index (χ1n) is 8.82. The van der Waals surface area contributed by atoms with Gasteiger partial charge in [0.25, 0.3) is 0 Å². The van der Waals surface area contributed by atoms with Crippen LogP contribution in [0.1, 0.15) is 34.2 Å². The van der Waals surface area contributed by atoms with Crippen LogP contribution in [-0.2, 0) is 6.54 Å². The number of halogens is 1. The summed E-state index contributed by atoms with van der Waals surface area (Å²) in [6, 6.07) is 5.35. The average Bonchev–Trinajstić information content (AvgIpc) is 3.00. The fraction of sp³-hybridized carbons (Fsp3) is 0.474. The smallest absolute Gasteiger partial charge is 0.191 e. The first kappa shape index (κ1) is 24.4. The first-order chi connectivity index (χ1) is 13.0. The van der Waals surface area contributed by atoms with E-state index < -0.39 is 6.10 Å². The Morgan fingerprint density at radius 2 is 1.82 bits per heavy atom. The maximum Gasteiger partial charge on any atom is 0.191 e. The van der Waals surface area contributed by atoms with Crippen molar-refractivity contribution in [3.63, 3.8) is 0 Å². The number of hydrogen-bond donors (Lipinski definition) is 3. The summed E-state index contributed by atoms with van der Waals surface area (Å²) in [5, 5.41) is 17.9. The summed E-state index contributed by atoms with van der Waals surface area (Å²) in [5.41, 5.74) is 1.76. The lowest BCUT2D eigenvalue weighted by atomic mass is 10.1. The lowest BCUT2D eigenvalue weighted by Crippen LogP contribution is -2.39. The van der Waals surface area contributed by atoms with Crippen molar-refractivity contribution >= 4 is 41.3 Å². The number of hydrogen-bond acceptors (Lipinski definition) is 6. The second-order valence-corrected chi connectivity index (χ2v) is 7.27. The highest BCUT2D eigenvalue weighted by Gasteiger charge is 2.12. The van der Waals surface area contributed by atoms with E-state index in [1.54, 1.807) is 43.8 Å². The number of aliphatic hydroxyl groups excluding tert-OH is 1. The van der Waals surface area contributed by atoms with Crippen molar-refractivity contribution in [3.05, 3.63) is 39.3 Å². The number of nitrogens with zero attached hydrogens (tertiary/aromatic N) is 2. The highest BCUT2D eigenvalue weighted by Crippen LogP contribution is 2.26. The van der Waals surface area contributed by atoms with Crippen molar-refractivity contribution in [3.8, 4) is 11.5 Å². The topological polar surface area (TPSA) is 88.0 Å². The number of benzene rings is 1. The maximum atomic E-state index is 10.5. The Morgan fingerprint density at radius 1 is 1.18 bits per heavy atom. The van der Waals surface area contributed by atoms with Gasteiger partial charge in [0.15, 0.2) is 5.96 Å². The quantitative estimate of drug-likeness (QED) is 0.282. The van der Waals surface area contributed by atoms with Gasteiger partial charge in [-0.2, -0.15) is 0 Å². The molecule has 0 aliphatic carbocycles. The van der Waals surface area contributed by atoms with Crippen LogP contribution in [0.4, 0.5) is 0 Å². The molecule has 1 aromatic heterocycles. The second-order valence-electron chi connectivity index (χ2n) is 5.99. The third-order valence-corrected chi connectivity index (χ3v) is 5.07. The number of rotatable bonds is 8. The number of aliphatic imine (C=N–C) groups is 1. The van der Waals surface area contributed by atoms with Gasteiger partial charge in [-0.3, -0.25) is 0 Å². The van der Waals surface area contributed by atoms with Gasteiger partial charge in [-0.1, -0.05) is 0 Å². The summed E-state index contributed by atoms with van der Waals surface area (Å²) in [4.78, 5) is 10.3. The second kappa shape index (κ2) is 12.1. The minimum Gasteiger partial charge on any atom is -0.497 e. The third-order valence-electron chi connectivity index (χ3n) is 4.01. The van der Waals surface area contributed by atoms with Gasteiger partial charge < -0.3 is 25.2 Å². The summed E-state index contributed by atoms with van der Waals surface area (Å²) in [6.45, 7) is 7.59. The molecule has 1 aromatic carbocycles. The molecule has 0 aliphatic heterocycles. The molecule has 0 saturated heterocycles. The van der Waals surface area contributed by atoms with Crippen LogP contribution in [0.25, 0.3) is 0 Å². The first-order valence-corrected chi connectivity index (χ1v) is 9.64. The van der Waals surface area contributed by atoms with Crippen LogP contribution in [0.5, 0.6) is 11.5 Å². The SMILES string of the molecule is CCNC(=NCc1nc(C)c(C)s1)NCC(O)c1cc(OC)cc(OC)c1.I. The van der Waals surface area contributed by atoms with Crippen LogP contribution in [-0.4, -0.2) is 43.4 Å². The molecule has 1 atom stereocenters. The number of nitrogens with one attached hydrogen (secondary N) is 2. The maximum absolute atomic E-state index is 10.5. The van der Waals surface area contributed by atoms with Crippen molar-refractivity contribution in [2.75, 3.05) is 27.3 Å². The fourth-order valence-electron chi connectivity index (χ4n) is 2.43. The van der Waals surface area contributed by atoms with E-state index in [1.807, 2.05) is 13.8 Å². The molecule has 0 spiro atoms. The van der Waals surface area contributed by atoms with Gasteiger partial charge >= 0.3 is 0 Å². The van der Waals surface area contributed by atoms with Gasteiger partial charge in [0.2, 0.25) is 0 Å². The Morgan fingerprint density at radius 3 is 2.32 bits per heavy atom. The van der Waals surface area contributed by atoms with Crippen molar-refractivity contribution in [2.24, 2.45) is 4.99 Å². The number of aromatic nitrogens is 1. The van der Waals surface area contributed by atoms with E-state index >= 15 is 0 Å². The standard InChI is InChI=1S/C19H28N4O3S.HI/c1-6-20-19(22-11-18-23-12(2)13(3)27-18)21-10-17(24)14-7-15(25-4)9-16(8-14)26-5;/h7-9,17,24H,6,10-11H2,1-5H3,(H2,20,21,22);1H. The zero-order valence-electron chi connectivity index (χ0n) is 16.9. The minimum atomic E-state index is -0.734. The molecule has 0 saturated carbocycles. The molecule has 0 radical (unpaired) electrons. The minimum absolute atomic E-state index is 0. The van der Waals surface area contributed by atoms with Crippen molar-refractivity contribution in [1.29, 1.82) is 0 Å². The number of guanidine groups is 1. The summed E-state index contributed by atoms with van der Waals surface area (Å²) in [7, 11) is 3.17. The normalized spacial score (nSPS) is 12.1. The molecule has 156 valence electrons. The molecule has 2 aromatic rings. The van der Waals surface area contributed by atoms with Gasteiger partial charge in [0.05, 0.1) is 32.6 Å². The Hall–Kier alpha value is -1.59. The molecular weight excluding hydrogens is 491 g/mol. The van der Waals surface area contributed by atoms with E-state index in [4.69, 9.17) is 9.47 Å². The van der Waals surface area contributed by atoms with E-state index in [-0.39, 0.29) is 24.0 Å². The fourth-order valence-corrected chi connectivity index (χ4v) is 3.29. The molecule has 1 unspecified atom stereocenters. The molecule has 2 rings (SSSR count). The van der Waals surface area contributed by atoms with Crippen molar-refractivity contribution in [1.82, 2.24) is 15.6 Å². The van der Waals surface area contributed by atoms with Gasteiger partial charge in [-0.05, 0) is 38.5 Å². The molecule has 0 amide bonds. The zero-order chi connectivity index (χ0) is 19.8. The van der Waals surface area contributed by atoms with E-state index in [1.165, 1.54) is 4.88 Å². The summed E-state index contributed by atoms with van der Waals surface area (Å²) in [6.07, 6.45) is -0.734. The predicted molar refractivity (Wildman–Crippen MR) is 124 cm³/mol. The van der Waals surface area contributed by atoms with Crippen molar-refractivity contribution < 1.29 is 14.6 Å². The number of aryl methyl sites for hydroxylation is 2. The van der Waals surface area contributed by atoms with Gasteiger partial charge in [0.1, 0.15) is 16.5 Å². The molecule has 1 heterocycles. The van der Waals surface area contributed by atoms with Crippen molar-refractivity contribution in [2.45, 2.75) is 33.4 Å². The largest absolute Gasteiger partial charge is 0.497 e. The van der Waals surface area contributed by atoms with E-state index in [2.05, 4.69) is 27.5 Å². The summed E-state index contributed by atoms with van der Waals surface area (Å²) in [5.74, 6) is 1.91. The van der Waals surface area contributed by atoms with Crippen LogP contribution in [0.3, 0.4) is 0 Å². The van der Waals surface area contributed by atoms with E-state index in [9.17, 15) is 5.11 Å². The summed E-state index contributed by atoms with van der Waals surface area (Å²) < 4.78 is 10.5. The third kappa shape index (κ3) is 7.10. The monoisotopic (exact) mass is 520 g/mol. The Bertz CT molecular complexity index is 741. The predicted octanol–water partition coefficient (Wildman–Crippen LogP) is 3.18. The lowest BCUT2D eigenvalue weighted by molar-refractivity contribution is 0.180. The van der Waals surface area contributed by atoms with Gasteiger partial charge in [-0.15, -0.1) is 35.3 Å². The van der Waals surface area contributed by atoms with Crippen LogP contribution >= 0.6 is 35.3 Å². The average molecular weight is 520 g/mol. The van der Waals surface area contributed by atoms with Crippen LogP contribution < -0.4 is 20.1 Å². The van der Waals surface area contributed by atoms with Gasteiger partial charge in [-0.25, -0.2) is 9.98 Å². The Balaban J connectivity index is 0.00000392. The molecule has 0 fully saturated rings. The van der Waals surface area contributed by atoms with E-state index in [0.717, 1.165) is 17.2 Å². The van der Waals surface area contributed by atoms with Gasteiger partial charge in [0, 0.05) is 24.0 Å². The molecule has 9 heteroatoms.